The van der Waals surface area contributed by atoms with Gasteiger partial charge in [-0.1, -0.05) is 18.2 Å². The second kappa shape index (κ2) is 4.59. The van der Waals surface area contributed by atoms with E-state index in [1.807, 2.05) is 0 Å². The van der Waals surface area contributed by atoms with Crippen molar-refractivity contribution < 1.29 is 0 Å². The lowest BCUT2D eigenvalue weighted by Crippen LogP contribution is -2.44. The van der Waals surface area contributed by atoms with E-state index in [-0.39, 0.29) is 0 Å². The van der Waals surface area contributed by atoms with Gasteiger partial charge >= 0.3 is 0 Å². The molecule has 1 unspecified atom stereocenters. The zero-order valence-electron chi connectivity index (χ0n) is 12.2. The molecule has 1 saturated heterocycles. The number of para-hydroxylation sites is 1. The Morgan fingerprint density at radius 2 is 2.20 bits per heavy atom. The summed E-state index contributed by atoms with van der Waals surface area (Å²) in [6.07, 6.45) is 6.55. The Morgan fingerprint density at radius 3 is 2.90 bits per heavy atom. The molecule has 106 valence electrons. The molecule has 4 rings (SSSR count). The number of hydrogen-bond acceptors (Lipinski definition) is 2. The van der Waals surface area contributed by atoms with Crippen LogP contribution >= 0.6 is 0 Å². The summed E-state index contributed by atoms with van der Waals surface area (Å²) in [5.74, 6) is 0.885. The molecule has 0 amide bonds. The number of aryl methyl sites for hydroxylation is 1. The topological polar surface area (TPSA) is 29.9 Å². The Labute approximate surface area is 120 Å². The molecular formula is C17H23N3. The van der Waals surface area contributed by atoms with Crippen molar-refractivity contribution in [3.8, 4) is 0 Å². The molecule has 0 bridgehead atoms. The van der Waals surface area contributed by atoms with E-state index in [1.165, 1.54) is 48.8 Å². The van der Waals surface area contributed by atoms with Crippen LogP contribution in [0.2, 0.25) is 0 Å². The highest BCUT2D eigenvalue weighted by Crippen LogP contribution is 2.46. The number of hydrogen-bond donors (Lipinski definition) is 1. The monoisotopic (exact) mass is 269 g/mol. The van der Waals surface area contributed by atoms with Crippen LogP contribution in [0.1, 0.15) is 38.3 Å². The van der Waals surface area contributed by atoms with Gasteiger partial charge in [-0.2, -0.15) is 5.10 Å². The van der Waals surface area contributed by atoms with Crippen LogP contribution in [0.15, 0.2) is 24.3 Å². The molecule has 1 aromatic carbocycles. The first-order valence-electron chi connectivity index (χ1n) is 8.02. The van der Waals surface area contributed by atoms with Crippen LogP contribution in [0, 0.1) is 5.92 Å². The first-order valence-corrected chi connectivity index (χ1v) is 8.02. The van der Waals surface area contributed by atoms with Crippen LogP contribution in [0.4, 0.5) is 0 Å². The number of benzene rings is 1. The fourth-order valence-electron chi connectivity index (χ4n) is 3.98. The van der Waals surface area contributed by atoms with Gasteiger partial charge in [0, 0.05) is 23.9 Å². The van der Waals surface area contributed by atoms with E-state index in [0.29, 0.717) is 5.54 Å². The molecule has 3 nitrogen and oxygen atoms in total. The van der Waals surface area contributed by atoms with Crippen LogP contribution in [-0.2, 0) is 13.0 Å². The maximum absolute atomic E-state index is 4.90. The van der Waals surface area contributed by atoms with Gasteiger partial charge in [0.1, 0.15) is 0 Å². The van der Waals surface area contributed by atoms with E-state index in [4.69, 9.17) is 5.10 Å². The third kappa shape index (κ3) is 1.87. The molecule has 1 aromatic heterocycles. The third-order valence-corrected chi connectivity index (χ3v) is 5.15. The molecule has 2 aliphatic rings. The summed E-state index contributed by atoms with van der Waals surface area (Å²) in [5.41, 5.74) is 2.92. The van der Waals surface area contributed by atoms with Crippen molar-refractivity contribution in [2.24, 2.45) is 5.92 Å². The summed E-state index contributed by atoms with van der Waals surface area (Å²) in [7, 11) is 0. The Morgan fingerprint density at radius 1 is 1.35 bits per heavy atom. The van der Waals surface area contributed by atoms with Gasteiger partial charge < -0.3 is 5.32 Å². The Balaban J connectivity index is 1.74. The van der Waals surface area contributed by atoms with Crippen molar-refractivity contribution in [2.45, 2.75) is 51.1 Å². The molecule has 0 radical (unpaired) electrons. The first kappa shape index (κ1) is 12.4. The molecule has 1 N–H and O–H groups in total. The van der Waals surface area contributed by atoms with Crippen LogP contribution in [0.5, 0.6) is 0 Å². The van der Waals surface area contributed by atoms with Crippen molar-refractivity contribution in [1.29, 1.82) is 0 Å². The molecule has 1 aliphatic carbocycles. The zero-order chi connectivity index (χ0) is 13.6. The lowest BCUT2D eigenvalue weighted by molar-refractivity contribution is 0.320. The second-order valence-electron chi connectivity index (χ2n) is 6.42. The minimum absolute atomic E-state index is 0.343. The fraction of sp³-hybridized carbons (Fsp3) is 0.588. The molecule has 2 fully saturated rings. The van der Waals surface area contributed by atoms with Crippen molar-refractivity contribution in [1.82, 2.24) is 15.1 Å². The van der Waals surface area contributed by atoms with E-state index in [9.17, 15) is 0 Å². The van der Waals surface area contributed by atoms with Gasteiger partial charge in [-0.25, -0.2) is 0 Å². The maximum atomic E-state index is 4.90. The van der Waals surface area contributed by atoms with Crippen LogP contribution in [0.3, 0.4) is 0 Å². The van der Waals surface area contributed by atoms with E-state index < -0.39 is 0 Å². The van der Waals surface area contributed by atoms with Crippen LogP contribution in [0.25, 0.3) is 10.9 Å². The first-order chi connectivity index (χ1) is 9.82. The van der Waals surface area contributed by atoms with Crippen molar-refractivity contribution in [2.75, 3.05) is 6.54 Å². The molecule has 1 aliphatic heterocycles. The van der Waals surface area contributed by atoms with Gasteiger partial charge in [-0.15, -0.1) is 0 Å². The molecule has 3 heteroatoms. The number of aromatic nitrogens is 2. The van der Waals surface area contributed by atoms with E-state index in [1.54, 1.807) is 0 Å². The average Bonchev–Trinajstić information content (AvgIpc) is 3.15. The Hall–Kier alpha value is -1.35. The van der Waals surface area contributed by atoms with E-state index >= 15 is 0 Å². The molecule has 2 heterocycles. The van der Waals surface area contributed by atoms with Crippen LogP contribution in [-0.4, -0.2) is 21.9 Å². The predicted molar refractivity (Wildman–Crippen MR) is 81.8 cm³/mol. The summed E-state index contributed by atoms with van der Waals surface area (Å²) in [6, 6.07) is 8.68. The highest BCUT2D eigenvalue weighted by molar-refractivity contribution is 5.82. The normalized spacial score (nSPS) is 26.4. The SMILES string of the molecule is CCn1nc(CC2(C3CC3)CCCN2)c2ccccc21. The van der Waals surface area contributed by atoms with Crippen molar-refractivity contribution >= 4 is 10.9 Å². The summed E-state index contributed by atoms with van der Waals surface area (Å²) >= 11 is 0. The number of rotatable bonds is 4. The molecule has 1 atom stereocenters. The van der Waals surface area contributed by atoms with Gasteiger partial charge in [0.15, 0.2) is 0 Å². The van der Waals surface area contributed by atoms with E-state index in [0.717, 1.165) is 18.9 Å². The standard InChI is InChI=1S/C17H23N3/c1-2-20-16-7-4-3-6-14(16)15(19-20)12-17(13-8-9-13)10-5-11-18-17/h3-4,6-7,13,18H,2,5,8-12H2,1H3. The Bertz CT molecular complexity index is 618. The summed E-state index contributed by atoms with van der Waals surface area (Å²) in [5, 5.41) is 10.1. The lowest BCUT2D eigenvalue weighted by atomic mass is 9.86. The second-order valence-corrected chi connectivity index (χ2v) is 6.42. The quantitative estimate of drug-likeness (QED) is 0.924. The van der Waals surface area contributed by atoms with Gasteiger partial charge in [0.2, 0.25) is 0 Å². The van der Waals surface area contributed by atoms with Crippen molar-refractivity contribution in [3.05, 3.63) is 30.0 Å². The summed E-state index contributed by atoms with van der Waals surface area (Å²) in [6.45, 7) is 4.31. The number of nitrogens with one attached hydrogen (secondary N) is 1. The third-order valence-electron chi connectivity index (χ3n) is 5.15. The highest BCUT2D eigenvalue weighted by Gasteiger charge is 2.47. The zero-order valence-corrected chi connectivity index (χ0v) is 12.2. The predicted octanol–water partition coefficient (Wildman–Crippen LogP) is 3.13. The maximum Gasteiger partial charge on any atom is 0.0721 e. The number of fused-ring (bicyclic) bond motifs is 1. The molecule has 2 aromatic rings. The van der Waals surface area contributed by atoms with Crippen molar-refractivity contribution in [3.63, 3.8) is 0 Å². The molecule has 20 heavy (non-hydrogen) atoms. The Kier molecular flexibility index (Phi) is 2.84. The lowest BCUT2D eigenvalue weighted by Gasteiger charge is -2.29. The molecule has 1 saturated carbocycles. The van der Waals surface area contributed by atoms with Gasteiger partial charge in [-0.3, -0.25) is 4.68 Å². The summed E-state index contributed by atoms with van der Waals surface area (Å²) in [4.78, 5) is 0. The van der Waals surface area contributed by atoms with Crippen LogP contribution < -0.4 is 5.32 Å². The smallest absolute Gasteiger partial charge is 0.0721 e. The van der Waals surface area contributed by atoms with Gasteiger partial charge in [-0.05, 0) is 51.1 Å². The minimum atomic E-state index is 0.343. The summed E-state index contributed by atoms with van der Waals surface area (Å²) < 4.78 is 2.15. The molecular weight excluding hydrogens is 246 g/mol. The van der Waals surface area contributed by atoms with Gasteiger partial charge in [0.05, 0.1) is 11.2 Å². The largest absolute Gasteiger partial charge is 0.311 e. The highest BCUT2D eigenvalue weighted by atomic mass is 15.3. The van der Waals surface area contributed by atoms with Gasteiger partial charge in [0.25, 0.3) is 0 Å². The van der Waals surface area contributed by atoms with E-state index in [2.05, 4.69) is 41.2 Å². The fourth-order valence-corrected chi connectivity index (χ4v) is 3.98. The average molecular weight is 269 g/mol. The minimum Gasteiger partial charge on any atom is -0.311 e. The number of nitrogens with zero attached hydrogens (tertiary/aromatic N) is 2. The molecule has 0 spiro atoms.